The second kappa shape index (κ2) is 36.9. The third-order valence-electron chi connectivity index (χ3n) is 10.0. The van der Waals surface area contributed by atoms with Gasteiger partial charge in [0.2, 0.25) is 5.91 Å². The molecule has 0 aromatic heterocycles. The number of aliphatic hydroxyl groups is 5. The Hall–Kier alpha value is -2.37. The Labute approximate surface area is 340 Å². The second-order valence-electron chi connectivity index (χ2n) is 15.1. The number of carbonyl (C=O) groups is 1. The number of nitrogens with one attached hydrogen (secondary N) is 1. The molecule has 322 valence electrons. The van der Waals surface area contributed by atoms with Crippen LogP contribution < -0.4 is 5.32 Å². The predicted molar refractivity (Wildman–Crippen MR) is 230 cm³/mol. The number of carbonyl (C=O) groups excluding carboxylic acids is 1. The van der Waals surface area contributed by atoms with Crippen molar-refractivity contribution in [1.82, 2.24) is 5.32 Å². The minimum Gasteiger partial charge on any atom is -0.394 e. The van der Waals surface area contributed by atoms with Gasteiger partial charge in [-0.15, -0.1) is 0 Å². The molecule has 0 spiro atoms. The Bertz CT molecular complexity index is 1100. The van der Waals surface area contributed by atoms with Crippen LogP contribution in [0.4, 0.5) is 0 Å². The number of aliphatic hydroxyl groups excluding tert-OH is 5. The van der Waals surface area contributed by atoms with Gasteiger partial charge < -0.3 is 40.3 Å². The van der Waals surface area contributed by atoms with Crippen LogP contribution in [0, 0.1) is 0 Å². The van der Waals surface area contributed by atoms with Crippen molar-refractivity contribution in [2.24, 2.45) is 0 Å². The van der Waals surface area contributed by atoms with Crippen LogP contribution in [0.1, 0.15) is 162 Å². The lowest BCUT2D eigenvalue weighted by Crippen LogP contribution is -2.60. The predicted octanol–water partition coefficient (Wildman–Crippen LogP) is 9.00. The van der Waals surface area contributed by atoms with E-state index in [-0.39, 0.29) is 12.5 Å². The molecule has 0 aliphatic carbocycles. The molecule has 1 heterocycles. The Morgan fingerprint density at radius 1 is 0.625 bits per heavy atom. The molecule has 1 aliphatic heterocycles. The van der Waals surface area contributed by atoms with Crippen LogP contribution in [-0.4, -0.2) is 87.5 Å². The lowest BCUT2D eigenvalue weighted by molar-refractivity contribution is -0.302. The smallest absolute Gasteiger partial charge is 0.220 e. The summed E-state index contributed by atoms with van der Waals surface area (Å²) in [7, 11) is 0. The highest BCUT2D eigenvalue weighted by Gasteiger charge is 2.44. The molecule has 6 N–H and O–H groups in total. The molecule has 1 fully saturated rings. The molecule has 0 aromatic rings. The van der Waals surface area contributed by atoms with Gasteiger partial charge in [-0.05, 0) is 70.6 Å². The van der Waals surface area contributed by atoms with Gasteiger partial charge in [0.25, 0.3) is 0 Å². The summed E-state index contributed by atoms with van der Waals surface area (Å²) in [5.74, 6) is -0.205. The van der Waals surface area contributed by atoms with Crippen molar-refractivity contribution in [3.05, 3.63) is 72.9 Å². The van der Waals surface area contributed by atoms with Gasteiger partial charge in [-0.1, -0.05) is 157 Å². The first-order valence-electron chi connectivity index (χ1n) is 22.2. The van der Waals surface area contributed by atoms with E-state index in [1.54, 1.807) is 6.08 Å². The second-order valence-corrected chi connectivity index (χ2v) is 15.1. The van der Waals surface area contributed by atoms with Crippen LogP contribution >= 0.6 is 0 Å². The van der Waals surface area contributed by atoms with Crippen molar-refractivity contribution in [3.63, 3.8) is 0 Å². The fourth-order valence-electron chi connectivity index (χ4n) is 6.45. The molecule has 7 atom stereocenters. The largest absolute Gasteiger partial charge is 0.394 e. The van der Waals surface area contributed by atoms with E-state index in [9.17, 15) is 30.3 Å². The zero-order chi connectivity index (χ0) is 40.9. The molecular weight excluding hydrogens is 707 g/mol. The van der Waals surface area contributed by atoms with Gasteiger partial charge in [0.05, 0.1) is 25.4 Å². The molecule has 9 heteroatoms. The maximum atomic E-state index is 12.9. The van der Waals surface area contributed by atoms with Crippen molar-refractivity contribution >= 4 is 5.91 Å². The lowest BCUT2D eigenvalue weighted by atomic mass is 9.99. The Kier molecular flexibility index (Phi) is 34.1. The average molecular weight is 788 g/mol. The molecule has 1 saturated heterocycles. The molecule has 0 aromatic carbocycles. The van der Waals surface area contributed by atoms with Crippen LogP contribution in [0.3, 0.4) is 0 Å². The topological polar surface area (TPSA) is 149 Å². The SMILES string of the molecule is CC/C=C\C/C=C\C/C=C\C/C=C\CCCCCCCCC(=O)NC(COC1OC(CO)C(O)C(O)C1O)C(O)/C=C/CC/C=C/CCCCCCCCCC. The maximum absolute atomic E-state index is 12.9. The standard InChI is InChI=1S/C47H81NO8/c1-3-5-7-9-11-13-15-17-19-20-21-22-23-25-27-29-31-33-35-37-43(51)48-40(39-55-47-46(54)45(53)44(52)42(38-49)56-47)41(50)36-34-32-30-28-26-24-18-16-14-12-10-8-6-4-2/h5,7,11,13,17,19,21-22,26,28,34,36,40-42,44-47,49-50,52-54H,3-4,6,8-10,12,14-16,18,20,23-25,27,29-33,35,37-39H2,1-2H3,(H,48,51)/b7-5-,13-11-,19-17-,22-21-,28-26+,36-34+. The van der Waals surface area contributed by atoms with Crippen molar-refractivity contribution in [2.45, 2.75) is 204 Å². The fourth-order valence-corrected chi connectivity index (χ4v) is 6.45. The van der Waals surface area contributed by atoms with E-state index < -0.39 is 49.5 Å². The summed E-state index contributed by atoms with van der Waals surface area (Å²) in [5.41, 5.74) is 0. The maximum Gasteiger partial charge on any atom is 0.220 e. The molecule has 0 bridgehead atoms. The van der Waals surface area contributed by atoms with E-state index in [0.717, 1.165) is 89.9 Å². The molecular formula is C47H81NO8. The molecule has 7 unspecified atom stereocenters. The summed E-state index contributed by atoms with van der Waals surface area (Å²) in [6.45, 7) is 3.60. The molecule has 0 saturated carbocycles. The number of rotatable bonds is 35. The van der Waals surface area contributed by atoms with Crippen LogP contribution in [0.5, 0.6) is 0 Å². The van der Waals surface area contributed by atoms with E-state index in [2.05, 4.69) is 79.9 Å². The number of hydrogen-bond donors (Lipinski definition) is 6. The van der Waals surface area contributed by atoms with Crippen LogP contribution in [0.2, 0.25) is 0 Å². The van der Waals surface area contributed by atoms with Crippen molar-refractivity contribution < 1.29 is 39.8 Å². The number of ether oxygens (including phenoxy) is 2. The van der Waals surface area contributed by atoms with E-state index in [4.69, 9.17) is 9.47 Å². The quantitative estimate of drug-likeness (QED) is 0.0276. The zero-order valence-electron chi connectivity index (χ0n) is 35.1. The van der Waals surface area contributed by atoms with Crippen LogP contribution in [0.25, 0.3) is 0 Å². The van der Waals surface area contributed by atoms with Crippen LogP contribution in [0.15, 0.2) is 72.9 Å². The van der Waals surface area contributed by atoms with Gasteiger partial charge in [0.1, 0.15) is 24.4 Å². The minimum absolute atomic E-state index is 0.205. The normalized spacial score (nSPS) is 21.9. The molecule has 56 heavy (non-hydrogen) atoms. The Morgan fingerprint density at radius 2 is 1.12 bits per heavy atom. The minimum atomic E-state index is -1.58. The summed E-state index contributed by atoms with van der Waals surface area (Å²) in [4.78, 5) is 12.9. The molecule has 9 nitrogen and oxygen atoms in total. The third-order valence-corrected chi connectivity index (χ3v) is 10.0. The number of hydrogen-bond acceptors (Lipinski definition) is 8. The summed E-state index contributed by atoms with van der Waals surface area (Å²) < 4.78 is 11.2. The van der Waals surface area contributed by atoms with Crippen molar-refractivity contribution in [3.8, 4) is 0 Å². The van der Waals surface area contributed by atoms with Gasteiger partial charge in [-0.3, -0.25) is 4.79 Å². The number of allylic oxidation sites excluding steroid dienone is 11. The lowest BCUT2D eigenvalue weighted by Gasteiger charge is -2.40. The Morgan fingerprint density at radius 3 is 1.71 bits per heavy atom. The summed E-state index contributed by atoms with van der Waals surface area (Å²) in [6.07, 6.45) is 42.2. The van der Waals surface area contributed by atoms with Crippen LogP contribution in [-0.2, 0) is 14.3 Å². The monoisotopic (exact) mass is 788 g/mol. The number of unbranched alkanes of at least 4 members (excludes halogenated alkanes) is 15. The summed E-state index contributed by atoms with van der Waals surface area (Å²) in [5, 5.41) is 54.1. The van der Waals surface area contributed by atoms with Gasteiger partial charge in [0, 0.05) is 6.42 Å². The van der Waals surface area contributed by atoms with Gasteiger partial charge in [0.15, 0.2) is 6.29 Å². The van der Waals surface area contributed by atoms with E-state index in [1.807, 2.05) is 6.08 Å². The van der Waals surface area contributed by atoms with E-state index in [0.29, 0.717) is 6.42 Å². The van der Waals surface area contributed by atoms with E-state index in [1.165, 1.54) is 51.4 Å². The first-order chi connectivity index (χ1) is 27.3. The van der Waals surface area contributed by atoms with Gasteiger partial charge in [-0.2, -0.15) is 0 Å². The highest BCUT2D eigenvalue weighted by molar-refractivity contribution is 5.76. The first kappa shape index (κ1) is 51.6. The average Bonchev–Trinajstić information content (AvgIpc) is 3.20. The Balaban J connectivity index is 2.41. The van der Waals surface area contributed by atoms with Crippen molar-refractivity contribution in [1.29, 1.82) is 0 Å². The highest BCUT2D eigenvalue weighted by atomic mass is 16.7. The molecule has 1 aliphatic rings. The van der Waals surface area contributed by atoms with E-state index >= 15 is 0 Å². The first-order valence-corrected chi connectivity index (χ1v) is 22.2. The highest BCUT2D eigenvalue weighted by Crippen LogP contribution is 2.22. The molecule has 1 amide bonds. The van der Waals surface area contributed by atoms with Crippen molar-refractivity contribution in [2.75, 3.05) is 13.2 Å². The van der Waals surface area contributed by atoms with Gasteiger partial charge >= 0.3 is 0 Å². The zero-order valence-corrected chi connectivity index (χ0v) is 35.1. The van der Waals surface area contributed by atoms with Gasteiger partial charge in [-0.25, -0.2) is 0 Å². The molecule has 0 radical (unpaired) electrons. The number of amides is 1. The molecule has 1 rings (SSSR count). The fraction of sp³-hybridized carbons (Fsp3) is 0.723. The third kappa shape index (κ3) is 27.3. The summed E-state index contributed by atoms with van der Waals surface area (Å²) in [6, 6.07) is -0.831. The summed E-state index contributed by atoms with van der Waals surface area (Å²) >= 11 is 0.